The molecule has 3 rings (SSSR count). The summed E-state index contributed by atoms with van der Waals surface area (Å²) in [5.74, 6) is -0.695. The van der Waals surface area contributed by atoms with E-state index in [1.165, 1.54) is 11.9 Å². The van der Waals surface area contributed by atoms with Crippen LogP contribution in [0.4, 0.5) is 0 Å². The van der Waals surface area contributed by atoms with Crippen LogP contribution < -0.4 is 5.32 Å². The minimum atomic E-state index is -0.394. The van der Waals surface area contributed by atoms with E-state index in [1.54, 1.807) is 31.2 Å². The highest BCUT2D eigenvalue weighted by atomic mass is 16.5. The van der Waals surface area contributed by atoms with Crippen LogP contribution in [0.25, 0.3) is 5.69 Å². The van der Waals surface area contributed by atoms with Gasteiger partial charge in [0.25, 0.3) is 5.91 Å². The van der Waals surface area contributed by atoms with Gasteiger partial charge in [0, 0.05) is 6.54 Å². The number of carbonyl (C=O) groups is 2. The van der Waals surface area contributed by atoms with Crippen LogP contribution in [-0.2, 0) is 11.3 Å². The maximum absolute atomic E-state index is 12.5. The van der Waals surface area contributed by atoms with E-state index in [1.807, 2.05) is 32.0 Å². The fraction of sp³-hybridized carbons (Fsp3) is 0.238. The van der Waals surface area contributed by atoms with Crippen molar-refractivity contribution in [3.63, 3.8) is 0 Å². The van der Waals surface area contributed by atoms with E-state index in [9.17, 15) is 9.59 Å². The summed E-state index contributed by atoms with van der Waals surface area (Å²) in [5, 5.41) is 11.6. The number of aryl methyl sites for hydroxylation is 3. The SMILES string of the molecule is COC(=O)c1ccc(CNC(=O)c2nn(-c3ccc(C)cc3C)nc2C)cc1. The average Bonchev–Trinajstić information content (AvgIpc) is 3.07. The molecule has 1 aromatic heterocycles. The second-order valence-electron chi connectivity index (χ2n) is 6.58. The Kier molecular flexibility index (Phi) is 5.54. The van der Waals surface area contributed by atoms with Gasteiger partial charge in [-0.2, -0.15) is 9.90 Å². The minimum Gasteiger partial charge on any atom is -0.465 e. The van der Waals surface area contributed by atoms with Gasteiger partial charge in [0.2, 0.25) is 0 Å². The summed E-state index contributed by atoms with van der Waals surface area (Å²) in [4.78, 5) is 25.5. The fourth-order valence-electron chi connectivity index (χ4n) is 2.87. The van der Waals surface area contributed by atoms with E-state index in [-0.39, 0.29) is 11.6 Å². The van der Waals surface area contributed by atoms with Crippen LogP contribution in [-0.4, -0.2) is 34.0 Å². The third-order valence-corrected chi connectivity index (χ3v) is 4.39. The van der Waals surface area contributed by atoms with Gasteiger partial charge in [0.05, 0.1) is 24.1 Å². The third-order valence-electron chi connectivity index (χ3n) is 4.39. The molecule has 0 aliphatic rings. The predicted octanol–water partition coefficient (Wildman–Crippen LogP) is 2.91. The van der Waals surface area contributed by atoms with Gasteiger partial charge < -0.3 is 10.1 Å². The van der Waals surface area contributed by atoms with Crippen molar-refractivity contribution in [3.8, 4) is 5.69 Å². The smallest absolute Gasteiger partial charge is 0.337 e. The summed E-state index contributed by atoms with van der Waals surface area (Å²) >= 11 is 0. The molecule has 144 valence electrons. The number of carbonyl (C=O) groups excluding carboxylic acids is 2. The summed E-state index contributed by atoms with van der Waals surface area (Å²) in [6.45, 7) is 6.08. The van der Waals surface area contributed by atoms with E-state index in [0.717, 1.165) is 22.4 Å². The number of rotatable bonds is 5. The number of hydrogen-bond donors (Lipinski definition) is 1. The second kappa shape index (κ2) is 8.04. The summed E-state index contributed by atoms with van der Waals surface area (Å²) in [7, 11) is 1.34. The van der Waals surface area contributed by atoms with Crippen LogP contribution in [0.3, 0.4) is 0 Å². The van der Waals surface area contributed by atoms with Gasteiger partial charge in [0.1, 0.15) is 0 Å². The maximum Gasteiger partial charge on any atom is 0.337 e. The Bertz CT molecular complexity index is 1020. The zero-order valence-corrected chi connectivity index (χ0v) is 16.3. The van der Waals surface area contributed by atoms with Crippen molar-refractivity contribution in [1.82, 2.24) is 20.3 Å². The molecule has 0 fully saturated rings. The Morgan fingerprint density at radius 2 is 1.75 bits per heavy atom. The van der Waals surface area contributed by atoms with Crippen LogP contribution in [0.2, 0.25) is 0 Å². The number of nitrogens with one attached hydrogen (secondary N) is 1. The molecule has 0 spiro atoms. The molecule has 7 heteroatoms. The summed E-state index contributed by atoms with van der Waals surface area (Å²) in [6, 6.07) is 12.8. The Hall–Kier alpha value is -3.48. The first-order valence-electron chi connectivity index (χ1n) is 8.86. The number of nitrogens with zero attached hydrogens (tertiary/aromatic N) is 3. The molecular formula is C21H22N4O3. The number of aromatic nitrogens is 3. The monoisotopic (exact) mass is 378 g/mol. The fourth-order valence-corrected chi connectivity index (χ4v) is 2.87. The topological polar surface area (TPSA) is 86.1 Å². The number of hydrogen-bond acceptors (Lipinski definition) is 5. The zero-order chi connectivity index (χ0) is 20.3. The third kappa shape index (κ3) is 4.09. The highest BCUT2D eigenvalue weighted by Gasteiger charge is 2.17. The second-order valence-corrected chi connectivity index (χ2v) is 6.58. The Labute approximate surface area is 163 Å². The van der Waals surface area contributed by atoms with Crippen LogP contribution in [0.5, 0.6) is 0 Å². The largest absolute Gasteiger partial charge is 0.465 e. The quantitative estimate of drug-likeness (QED) is 0.690. The summed E-state index contributed by atoms with van der Waals surface area (Å²) in [6.07, 6.45) is 0. The van der Waals surface area contributed by atoms with Crippen LogP contribution >= 0.6 is 0 Å². The number of amides is 1. The number of esters is 1. The molecule has 0 bridgehead atoms. The Balaban J connectivity index is 1.71. The average molecular weight is 378 g/mol. The molecule has 0 saturated heterocycles. The van der Waals surface area contributed by atoms with Gasteiger partial charge >= 0.3 is 5.97 Å². The van der Waals surface area contributed by atoms with E-state index in [4.69, 9.17) is 0 Å². The first-order valence-corrected chi connectivity index (χ1v) is 8.86. The van der Waals surface area contributed by atoms with Crippen molar-refractivity contribution < 1.29 is 14.3 Å². The van der Waals surface area contributed by atoms with Crippen molar-refractivity contribution in [2.24, 2.45) is 0 Å². The van der Waals surface area contributed by atoms with Gasteiger partial charge in [0.15, 0.2) is 5.69 Å². The van der Waals surface area contributed by atoms with Crippen LogP contribution in [0.15, 0.2) is 42.5 Å². The van der Waals surface area contributed by atoms with E-state index in [0.29, 0.717) is 17.8 Å². The lowest BCUT2D eigenvalue weighted by Gasteiger charge is -2.06. The predicted molar refractivity (Wildman–Crippen MR) is 105 cm³/mol. The van der Waals surface area contributed by atoms with Gasteiger partial charge in [-0.3, -0.25) is 4.79 Å². The Morgan fingerprint density at radius 3 is 2.39 bits per heavy atom. The molecule has 0 saturated carbocycles. The van der Waals surface area contributed by atoms with Crippen LogP contribution in [0, 0.1) is 20.8 Å². The van der Waals surface area contributed by atoms with Crippen molar-refractivity contribution in [1.29, 1.82) is 0 Å². The molecule has 1 amide bonds. The lowest BCUT2D eigenvalue weighted by atomic mass is 10.1. The summed E-state index contributed by atoms with van der Waals surface area (Å²) < 4.78 is 4.67. The van der Waals surface area contributed by atoms with Gasteiger partial charge in [-0.15, -0.1) is 5.10 Å². The van der Waals surface area contributed by atoms with Crippen LogP contribution in [0.1, 0.15) is 43.2 Å². The number of methoxy groups -OCH3 is 1. The molecule has 1 N–H and O–H groups in total. The van der Waals surface area contributed by atoms with Gasteiger partial charge in [-0.1, -0.05) is 29.8 Å². The van der Waals surface area contributed by atoms with Gasteiger partial charge in [-0.05, 0) is 50.1 Å². The molecular weight excluding hydrogens is 356 g/mol. The molecule has 28 heavy (non-hydrogen) atoms. The van der Waals surface area contributed by atoms with E-state index in [2.05, 4.69) is 20.3 Å². The molecule has 0 unspecified atom stereocenters. The highest BCUT2D eigenvalue weighted by Crippen LogP contribution is 2.15. The first-order chi connectivity index (χ1) is 13.4. The molecule has 1 heterocycles. The van der Waals surface area contributed by atoms with Crippen molar-refractivity contribution in [2.45, 2.75) is 27.3 Å². The highest BCUT2D eigenvalue weighted by molar-refractivity contribution is 5.93. The molecule has 7 nitrogen and oxygen atoms in total. The van der Waals surface area contributed by atoms with E-state index >= 15 is 0 Å². The number of ether oxygens (including phenoxy) is 1. The van der Waals surface area contributed by atoms with Crippen molar-refractivity contribution >= 4 is 11.9 Å². The van der Waals surface area contributed by atoms with E-state index < -0.39 is 5.97 Å². The molecule has 0 atom stereocenters. The van der Waals surface area contributed by atoms with Crippen molar-refractivity contribution in [3.05, 3.63) is 76.1 Å². The maximum atomic E-state index is 12.5. The molecule has 0 radical (unpaired) electrons. The van der Waals surface area contributed by atoms with Crippen molar-refractivity contribution in [2.75, 3.05) is 7.11 Å². The van der Waals surface area contributed by atoms with Gasteiger partial charge in [-0.25, -0.2) is 4.79 Å². The zero-order valence-electron chi connectivity index (χ0n) is 16.3. The lowest BCUT2D eigenvalue weighted by Crippen LogP contribution is -2.24. The Morgan fingerprint density at radius 1 is 1.04 bits per heavy atom. The normalized spacial score (nSPS) is 10.6. The molecule has 2 aromatic carbocycles. The lowest BCUT2D eigenvalue weighted by molar-refractivity contribution is 0.0600. The standard InChI is InChI=1S/C21H22N4O3/c1-13-5-10-18(14(2)11-13)25-23-15(3)19(24-25)20(26)22-12-16-6-8-17(9-7-16)21(27)28-4/h5-11H,12H2,1-4H3,(H,22,26). The molecule has 0 aliphatic heterocycles. The number of benzene rings is 2. The summed E-state index contributed by atoms with van der Waals surface area (Å²) in [5.41, 5.74) is 5.19. The molecule has 0 aliphatic carbocycles. The first kappa shape index (κ1) is 19.3. The molecule has 3 aromatic rings. The minimum absolute atomic E-state index is 0.283.